The quantitative estimate of drug-likeness (QED) is 0.770. The standard InChI is InChI=1S/C14H16O4/c1-3-6-11-12(14(16)17-2)9-7-4-5-8-10(9)13(15)18-11/h4-5,7-8,11-12H,3,6H2,1-2H3/t11-,12+/m0/s1. The molecule has 1 aromatic rings. The number of benzene rings is 1. The van der Waals surface area contributed by atoms with Crippen LogP contribution in [0, 0.1) is 0 Å². The number of rotatable bonds is 3. The molecule has 0 N–H and O–H groups in total. The van der Waals surface area contributed by atoms with Gasteiger partial charge in [0.15, 0.2) is 0 Å². The average Bonchev–Trinajstić information content (AvgIpc) is 2.39. The second kappa shape index (κ2) is 5.21. The van der Waals surface area contributed by atoms with Gasteiger partial charge in [0.05, 0.1) is 12.7 Å². The van der Waals surface area contributed by atoms with Crippen LogP contribution in [-0.4, -0.2) is 25.2 Å². The average molecular weight is 248 g/mol. The molecule has 1 aliphatic heterocycles. The van der Waals surface area contributed by atoms with Crippen molar-refractivity contribution in [3.63, 3.8) is 0 Å². The summed E-state index contributed by atoms with van der Waals surface area (Å²) < 4.78 is 10.2. The minimum Gasteiger partial charge on any atom is -0.468 e. The molecule has 4 heteroatoms. The SMILES string of the molecule is CCC[C@@H]1OC(=O)c2ccccc2[C@H]1C(=O)OC. The molecule has 18 heavy (non-hydrogen) atoms. The van der Waals surface area contributed by atoms with Gasteiger partial charge in [-0.2, -0.15) is 0 Å². The van der Waals surface area contributed by atoms with Crippen LogP contribution in [-0.2, 0) is 14.3 Å². The Balaban J connectivity index is 2.45. The first-order valence-electron chi connectivity index (χ1n) is 6.06. The predicted molar refractivity (Wildman–Crippen MR) is 65.3 cm³/mol. The maximum Gasteiger partial charge on any atom is 0.338 e. The van der Waals surface area contributed by atoms with Gasteiger partial charge in [-0.05, 0) is 18.1 Å². The topological polar surface area (TPSA) is 52.6 Å². The van der Waals surface area contributed by atoms with Crippen molar-refractivity contribution in [3.8, 4) is 0 Å². The van der Waals surface area contributed by atoms with Crippen LogP contribution in [0.15, 0.2) is 24.3 Å². The Morgan fingerprint density at radius 1 is 1.39 bits per heavy atom. The van der Waals surface area contributed by atoms with E-state index >= 15 is 0 Å². The van der Waals surface area contributed by atoms with Crippen molar-refractivity contribution >= 4 is 11.9 Å². The molecule has 2 rings (SSSR count). The van der Waals surface area contributed by atoms with Gasteiger partial charge in [-0.3, -0.25) is 4.79 Å². The lowest BCUT2D eigenvalue weighted by Crippen LogP contribution is -2.37. The fourth-order valence-corrected chi connectivity index (χ4v) is 2.34. The maximum absolute atomic E-state index is 11.9. The molecular formula is C14H16O4. The number of esters is 2. The molecule has 96 valence electrons. The lowest BCUT2D eigenvalue weighted by molar-refractivity contribution is -0.146. The highest BCUT2D eigenvalue weighted by Gasteiger charge is 2.40. The van der Waals surface area contributed by atoms with Crippen LogP contribution in [0.4, 0.5) is 0 Å². The molecule has 2 atom stereocenters. The van der Waals surface area contributed by atoms with Crippen LogP contribution in [0.5, 0.6) is 0 Å². The highest BCUT2D eigenvalue weighted by Crippen LogP contribution is 2.34. The van der Waals surface area contributed by atoms with Gasteiger partial charge in [-0.1, -0.05) is 31.5 Å². The number of hydrogen-bond donors (Lipinski definition) is 0. The second-order valence-corrected chi connectivity index (χ2v) is 4.32. The van der Waals surface area contributed by atoms with Gasteiger partial charge in [-0.25, -0.2) is 4.79 Å². The third-order valence-electron chi connectivity index (χ3n) is 3.17. The van der Waals surface area contributed by atoms with Gasteiger partial charge < -0.3 is 9.47 Å². The van der Waals surface area contributed by atoms with Crippen LogP contribution < -0.4 is 0 Å². The zero-order valence-electron chi connectivity index (χ0n) is 10.5. The summed E-state index contributed by atoms with van der Waals surface area (Å²) in [7, 11) is 1.35. The molecule has 1 aromatic carbocycles. The third kappa shape index (κ3) is 2.10. The van der Waals surface area contributed by atoms with Crippen LogP contribution in [0.2, 0.25) is 0 Å². The van der Waals surface area contributed by atoms with Crippen LogP contribution in [0.3, 0.4) is 0 Å². The number of carbonyl (C=O) groups excluding carboxylic acids is 2. The van der Waals surface area contributed by atoms with Gasteiger partial charge in [-0.15, -0.1) is 0 Å². The summed E-state index contributed by atoms with van der Waals surface area (Å²) >= 11 is 0. The van der Waals surface area contributed by atoms with Gasteiger partial charge >= 0.3 is 11.9 Å². The highest BCUT2D eigenvalue weighted by molar-refractivity contribution is 5.96. The van der Waals surface area contributed by atoms with E-state index in [-0.39, 0.29) is 11.9 Å². The molecule has 0 fully saturated rings. The first-order valence-corrected chi connectivity index (χ1v) is 6.06. The van der Waals surface area contributed by atoms with Gasteiger partial charge in [0.2, 0.25) is 0 Å². The van der Waals surface area contributed by atoms with E-state index in [2.05, 4.69) is 0 Å². The van der Waals surface area contributed by atoms with E-state index < -0.39 is 12.0 Å². The predicted octanol–water partition coefficient (Wildman–Crippen LogP) is 2.28. The Labute approximate surface area is 106 Å². The van der Waals surface area contributed by atoms with E-state index in [1.54, 1.807) is 18.2 Å². The molecule has 0 amide bonds. The summed E-state index contributed by atoms with van der Waals surface area (Å²) in [5.41, 5.74) is 1.17. The monoisotopic (exact) mass is 248 g/mol. The number of cyclic esters (lactones) is 1. The molecule has 1 aliphatic rings. The molecule has 0 aliphatic carbocycles. The van der Waals surface area contributed by atoms with E-state index in [0.29, 0.717) is 17.5 Å². The number of carbonyl (C=O) groups is 2. The molecular weight excluding hydrogens is 232 g/mol. The number of methoxy groups -OCH3 is 1. The number of fused-ring (bicyclic) bond motifs is 1. The smallest absolute Gasteiger partial charge is 0.338 e. The first kappa shape index (κ1) is 12.6. The summed E-state index contributed by atoms with van der Waals surface area (Å²) in [5, 5.41) is 0. The molecule has 0 unspecified atom stereocenters. The fraction of sp³-hybridized carbons (Fsp3) is 0.429. The molecule has 0 radical (unpaired) electrons. The Bertz CT molecular complexity index is 467. The van der Waals surface area contributed by atoms with E-state index in [4.69, 9.17) is 9.47 Å². The zero-order chi connectivity index (χ0) is 13.1. The van der Waals surface area contributed by atoms with Crippen LogP contribution >= 0.6 is 0 Å². The largest absolute Gasteiger partial charge is 0.468 e. The van der Waals surface area contributed by atoms with Gasteiger partial charge in [0.1, 0.15) is 12.0 Å². The van der Waals surface area contributed by atoms with Crippen molar-refractivity contribution in [2.75, 3.05) is 7.11 Å². The first-order chi connectivity index (χ1) is 8.69. The molecule has 0 saturated heterocycles. The van der Waals surface area contributed by atoms with Crippen molar-refractivity contribution < 1.29 is 19.1 Å². The van der Waals surface area contributed by atoms with Crippen molar-refractivity contribution in [1.82, 2.24) is 0 Å². The maximum atomic E-state index is 11.9. The lowest BCUT2D eigenvalue weighted by atomic mass is 9.85. The molecule has 0 saturated carbocycles. The van der Waals surface area contributed by atoms with Crippen LogP contribution in [0.1, 0.15) is 41.6 Å². The second-order valence-electron chi connectivity index (χ2n) is 4.32. The zero-order valence-corrected chi connectivity index (χ0v) is 10.5. The molecule has 0 spiro atoms. The molecule has 4 nitrogen and oxygen atoms in total. The number of hydrogen-bond acceptors (Lipinski definition) is 4. The summed E-state index contributed by atoms with van der Waals surface area (Å²) in [6.07, 6.45) is 1.07. The van der Waals surface area contributed by atoms with Gasteiger partial charge in [0.25, 0.3) is 0 Å². The third-order valence-corrected chi connectivity index (χ3v) is 3.17. The highest BCUT2D eigenvalue weighted by atomic mass is 16.6. The van der Waals surface area contributed by atoms with Crippen molar-refractivity contribution in [1.29, 1.82) is 0 Å². The molecule has 0 aromatic heterocycles. The van der Waals surface area contributed by atoms with Crippen molar-refractivity contribution in [2.45, 2.75) is 31.8 Å². The summed E-state index contributed by atoms with van der Waals surface area (Å²) in [4.78, 5) is 23.8. The molecule has 0 bridgehead atoms. The van der Waals surface area contributed by atoms with E-state index in [9.17, 15) is 9.59 Å². The summed E-state index contributed by atoms with van der Waals surface area (Å²) in [5.74, 6) is -1.22. The Morgan fingerprint density at radius 2 is 2.11 bits per heavy atom. The summed E-state index contributed by atoms with van der Waals surface area (Å²) in [6.45, 7) is 1.99. The normalized spacial score (nSPS) is 22.0. The Morgan fingerprint density at radius 3 is 2.78 bits per heavy atom. The van der Waals surface area contributed by atoms with E-state index in [0.717, 1.165) is 6.42 Å². The fourth-order valence-electron chi connectivity index (χ4n) is 2.34. The summed E-state index contributed by atoms with van der Waals surface area (Å²) in [6, 6.07) is 7.04. The van der Waals surface area contributed by atoms with Crippen molar-refractivity contribution in [2.24, 2.45) is 0 Å². The van der Waals surface area contributed by atoms with E-state index in [1.807, 2.05) is 13.0 Å². The number of ether oxygens (including phenoxy) is 2. The van der Waals surface area contributed by atoms with Crippen LogP contribution in [0.25, 0.3) is 0 Å². The minimum absolute atomic E-state index is 0.353. The van der Waals surface area contributed by atoms with Crippen molar-refractivity contribution in [3.05, 3.63) is 35.4 Å². The minimum atomic E-state index is -0.510. The molecule has 1 heterocycles. The van der Waals surface area contributed by atoms with Gasteiger partial charge in [0, 0.05) is 0 Å². The lowest BCUT2D eigenvalue weighted by Gasteiger charge is -2.31. The Kier molecular flexibility index (Phi) is 3.65. The Hall–Kier alpha value is -1.84. The van der Waals surface area contributed by atoms with E-state index in [1.165, 1.54) is 7.11 Å².